The molecule has 0 unspecified atom stereocenters. The number of nitrogens with one attached hydrogen (secondary N) is 2. The minimum atomic E-state index is 0.0102. The van der Waals surface area contributed by atoms with Gasteiger partial charge in [0, 0.05) is 6.54 Å². The van der Waals surface area contributed by atoms with Gasteiger partial charge in [-0.15, -0.1) is 5.10 Å². The molecule has 0 radical (unpaired) electrons. The molecule has 3 aromatic rings. The molecule has 3 N–H and O–H groups in total. The molecule has 3 rings (SSSR count). The summed E-state index contributed by atoms with van der Waals surface area (Å²) in [5.41, 5.74) is 5.50. The van der Waals surface area contributed by atoms with Crippen LogP contribution in [0, 0.1) is 0 Å². The van der Waals surface area contributed by atoms with E-state index in [-0.39, 0.29) is 6.61 Å². The Balaban J connectivity index is 1.45. The summed E-state index contributed by atoms with van der Waals surface area (Å²) in [6.45, 7) is 1.41. The summed E-state index contributed by atoms with van der Waals surface area (Å²) in [6, 6.07) is 17.6. The highest BCUT2D eigenvalue weighted by molar-refractivity contribution is 7.80. The van der Waals surface area contributed by atoms with Crippen LogP contribution in [0.3, 0.4) is 0 Å². The summed E-state index contributed by atoms with van der Waals surface area (Å²) in [6.07, 6.45) is 3.53. The molecule has 1 aromatic heterocycles. The number of hydrogen-bond acceptors (Lipinski definition) is 6. The fourth-order valence-electron chi connectivity index (χ4n) is 2.43. The van der Waals surface area contributed by atoms with E-state index in [1.54, 1.807) is 10.9 Å². The first-order valence-corrected chi connectivity index (χ1v) is 9.47. The molecule has 0 fully saturated rings. The SMILES string of the molecule is OCCNC(=S)N/N=C\c1ccc(OCc2cn(Cc3ccccc3)nn2)cc1. The second kappa shape index (κ2) is 10.9. The van der Waals surface area contributed by atoms with E-state index in [2.05, 4.69) is 38.3 Å². The van der Waals surface area contributed by atoms with Crippen molar-refractivity contribution in [2.24, 2.45) is 5.10 Å². The third kappa shape index (κ3) is 6.98. The van der Waals surface area contributed by atoms with E-state index in [4.69, 9.17) is 22.1 Å². The van der Waals surface area contributed by atoms with Crippen molar-refractivity contribution in [1.29, 1.82) is 0 Å². The predicted molar refractivity (Wildman–Crippen MR) is 115 cm³/mol. The van der Waals surface area contributed by atoms with Crippen LogP contribution in [0.15, 0.2) is 65.9 Å². The third-order valence-corrected chi connectivity index (χ3v) is 4.05. The lowest BCUT2D eigenvalue weighted by Gasteiger charge is -2.05. The van der Waals surface area contributed by atoms with E-state index in [0.29, 0.717) is 24.8 Å². The molecule has 0 spiro atoms. The Bertz CT molecular complexity index is 928. The van der Waals surface area contributed by atoms with Gasteiger partial charge in [-0.1, -0.05) is 35.5 Å². The van der Waals surface area contributed by atoms with Gasteiger partial charge in [0.2, 0.25) is 0 Å². The molecule has 1 heterocycles. The highest BCUT2D eigenvalue weighted by Gasteiger charge is 2.03. The molecule has 0 bridgehead atoms. The molecular weight excluding hydrogens is 388 g/mol. The Morgan fingerprint density at radius 1 is 1.17 bits per heavy atom. The quantitative estimate of drug-likeness (QED) is 0.281. The van der Waals surface area contributed by atoms with Crippen LogP contribution in [0.5, 0.6) is 5.75 Å². The molecule has 0 saturated carbocycles. The van der Waals surface area contributed by atoms with Gasteiger partial charge in [-0.3, -0.25) is 5.43 Å². The zero-order chi connectivity index (χ0) is 20.3. The van der Waals surface area contributed by atoms with Crippen LogP contribution >= 0.6 is 12.2 Å². The van der Waals surface area contributed by atoms with Gasteiger partial charge in [0.25, 0.3) is 0 Å². The Kier molecular flexibility index (Phi) is 7.67. The summed E-state index contributed by atoms with van der Waals surface area (Å²) in [4.78, 5) is 0. The molecular formula is C20H22N6O2S. The highest BCUT2D eigenvalue weighted by atomic mass is 32.1. The van der Waals surface area contributed by atoms with Crippen molar-refractivity contribution < 1.29 is 9.84 Å². The van der Waals surface area contributed by atoms with E-state index < -0.39 is 0 Å². The van der Waals surface area contributed by atoms with Gasteiger partial charge < -0.3 is 15.2 Å². The van der Waals surface area contributed by atoms with E-state index >= 15 is 0 Å². The number of hydrazone groups is 1. The van der Waals surface area contributed by atoms with Crippen LogP contribution in [0.2, 0.25) is 0 Å². The minimum Gasteiger partial charge on any atom is -0.487 e. The molecule has 0 saturated heterocycles. The van der Waals surface area contributed by atoms with Crippen molar-refractivity contribution >= 4 is 23.5 Å². The number of benzene rings is 2. The number of thiocarbonyl (C=S) groups is 1. The van der Waals surface area contributed by atoms with Crippen LogP contribution in [0.4, 0.5) is 0 Å². The van der Waals surface area contributed by atoms with Gasteiger partial charge in [-0.2, -0.15) is 5.10 Å². The topological polar surface area (TPSA) is 96.6 Å². The maximum absolute atomic E-state index is 8.71. The van der Waals surface area contributed by atoms with Crippen molar-refractivity contribution in [3.63, 3.8) is 0 Å². The van der Waals surface area contributed by atoms with Crippen molar-refractivity contribution in [1.82, 2.24) is 25.7 Å². The van der Waals surface area contributed by atoms with Gasteiger partial charge >= 0.3 is 0 Å². The standard InChI is InChI=1S/C20H22N6O2S/c27-11-10-21-20(29)24-22-12-16-6-8-19(9-7-16)28-15-18-14-26(25-23-18)13-17-4-2-1-3-5-17/h1-9,12,14,27H,10-11,13,15H2,(H2,21,24,29)/b22-12-. The third-order valence-electron chi connectivity index (χ3n) is 3.82. The molecule has 0 amide bonds. The van der Waals surface area contributed by atoms with Crippen LogP contribution in [0.1, 0.15) is 16.8 Å². The second-order valence-electron chi connectivity index (χ2n) is 6.10. The molecule has 8 nitrogen and oxygen atoms in total. The highest BCUT2D eigenvalue weighted by Crippen LogP contribution is 2.13. The molecule has 150 valence electrons. The number of nitrogens with zero attached hydrogens (tertiary/aromatic N) is 4. The smallest absolute Gasteiger partial charge is 0.187 e. The van der Waals surface area contributed by atoms with Crippen LogP contribution in [-0.2, 0) is 13.2 Å². The lowest BCUT2D eigenvalue weighted by molar-refractivity contribution is 0.300. The van der Waals surface area contributed by atoms with Gasteiger partial charge in [0.05, 0.1) is 25.6 Å². The maximum atomic E-state index is 8.71. The zero-order valence-electron chi connectivity index (χ0n) is 15.7. The van der Waals surface area contributed by atoms with E-state index in [1.165, 1.54) is 5.56 Å². The van der Waals surface area contributed by atoms with Crippen molar-refractivity contribution in [2.75, 3.05) is 13.2 Å². The first-order valence-electron chi connectivity index (χ1n) is 9.06. The molecule has 0 atom stereocenters. The summed E-state index contributed by atoms with van der Waals surface area (Å²) >= 11 is 4.99. The largest absolute Gasteiger partial charge is 0.487 e. The van der Waals surface area contributed by atoms with Crippen molar-refractivity contribution in [3.8, 4) is 5.75 Å². The number of aromatic nitrogens is 3. The summed E-state index contributed by atoms with van der Waals surface area (Å²) in [7, 11) is 0. The van der Waals surface area contributed by atoms with Gasteiger partial charge in [-0.25, -0.2) is 4.68 Å². The van der Waals surface area contributed by atoms with Crippen molar-refractivity contribution in [3.05, 3.63) is 77.6 Å². The Hall–Kier alpha value is -3.30. The fraction of sp³-hybridized carbons (Fsp3) is 0.200. The van der Waals surface area contributed by atoms with Gasteiger partial charge in [0.15, 0.2) is 5.11 Å². The monoisotopic (exact) mass is 410 g/mol. The lowest BCUT2D eigenvalue weighted by atomic mass is 10.2. The predicted octanol–water partition coefficient (Wildman–Crippen LogP) is 1.70. The molecule has 0 aliphatic rings. The average molecular weight is 411 g/mol. The lowest BCUT2D eigenvalue weighted by Crippen LogP contribution is -2.33. The molecule has 29 heavy (non-hydrogen) atoms. The number of hydrogen-bond donors (Lipinski definition) is 3. The second-order valence-corrected chi connectivity index (χ2v) is 6.51. The average Bonchev–Trinajstić information content (AvgIpc) is 3.19. The minimum absolute atomic E-state index is 0.0102. The number of ether oxygens (including phenoxy) is 1. The normalized spacial score (nSPS) is 10.8. The molecule has 0 aliphatic carbocycles. The molecule has 2 aromatic carbocycles. The van der Waals surface area contributed by atoms with E-state index in [0.717, 1.165) is 17.0 Å². The van der Waals surface area contributed by atoms with Crippen LogP contribution in [-0.4, -0.2) is 44.6 Å². The zero-order valence-corrected chi connectivity index (χ0v) is 16.5. The number of aliphatic hydroxyl groups is 1. The van der Waals surface area contributed by atoms with Gasteiger partial charge in [-0.05, 0) is 47.6 Å². The summed E-state index contributed by atoms with van der Waals surface area (Å²) in [5.74, 6) is 0.729. The summed E-state index contributed by atoms with van der Waals surface area (Å²) < 4.78 is 7.56. The first kappa shape index (κ1) is 20.4. The van der Waals surface area contributed by atoms with E-state index in [1.807, 2.05) is 48.7 Å². The van der Waals surface area contributed by atoms with Gasteiger partial charge in [0.1, 0.15) is 18.1 Å². The van der Waals surface area contributed by atoms with E-state index in [9.17, 15) is 0 Å². The fourth-order valence-corrected chi connectivity index (χ4v) is 2.59. The number of aliphatic hydroxyl groups excluding tert-OH is 1. The molecule has 0 aliphatic heterocycles. The molecule has 9 heteroatoms. The summed E-state index contributed by atoms with van der Waals surface area (Å²) in [5, 5.41) is 24.2. The van der Waals surface area contributed by atoms with Crippen LogP contribution in [0.25, 0.3) is 0 Å². The Morgan fingerprint density at radius 3 is 2.72 bits per heavy atom. The number of rotatable bonds is 9. The van der Waals surface area contributed by atoms with Crippen molar-refractivity contribution in [2.45, 2.75) is 13.2 Å². The first-order chi connectivity index (χ1) is 14.2. The van der Waals surface area contributed by atoms with Crippen LogP contribution < -0.4 is 15.5 Å². The Morgan fingerprint density at radius 2 is 1.97 bits per heavy atom. The Labute approximate surface area is 174 Å². The maximum Gasteiger partial charge on any atom is 0.187 e.